The lowest BCUT2D eigenvalue weighted by atomic mass is 10.1. The van der Waals surface area contributed by atoms with Gasteiger partial charge in [0.25, 0.3) is 0 Å². The van der Waals surface area contributed by atoms with Crippen molar-refractivity contribution in [2.75, 3.05) is 40.4 Å². The van der Waals surface area contributed by atoms with E-state index in [1.54, 1.807) is 14.2 Å². The summed E-state index contributed by atoms with van der Waals surface area (Å²) in [5.41, 5.74) is 2.31. The average molecular weight is 413 g/mol. The lowest BCUT2D eigenvalue weighted by Gasteiger charge is -2.20. The largest absolute Gasteiger partial charge is 0.493 e. The number of ether oxygens (including phenoxy) is 2. The molecule has 2 N–H and O–H groups in total. The number of nitrogens with zero attached hydrogens (tertiary/aromatic N) is 2. The summed E-state index contributed by atoms with van der Waals surface area (Å²) in [5, 5.41) is 6.79. The summed E-state index contributed by atoms with van der Waals surface area (Å²) in [7, 11) is 3.45. The van der Waals surface area contributed by atoms with Gasteiger partial charge in [0.2, 0.25) is 0 Å². The van der Waals surface area contributed by atoms with Crippen molar-refractivity contribution < 1.29 is 9.47 Å². The number of rotatable bonds is 11. The van der Waals surface area contributed by atoms with Crippen LogP contribution in [0.15, 0.2) is 53.5 Å². The predicted molar refractivity (Wildman–Crippen MR) is 124 cm³/mol. The third-order valence-corrected chi connectivity index (χ3v) is 5.12. The molecular weight excluding hydrogens is 376 g/mol. The number of methoxy groups -OCH3 is 1. The molecule has 0 amide bonds. The van der Waals surface area contributed by atoms with E-state index < -0.39 is 0 Å². The zero-order valence-corrected chi connectivity index (χ0v) is 18.9. The zero-order chi connectivity index (χ0) is 21.8. The van der Waals surface area contributed by atoms with Gasteiger partial charge in [-0.05, 0) is 43.3 Å². The molecule has 0 saturated carbocycles. The molecule has 0 aromatic heterocycles. The van der Waals surface area contributed by atoms with E-state index >= 15 is 0 Å². The van der Waals surface area contributed by atoms with E-state index in [4.69, 9.17) is 9.47 Å². The molecule has 2 aromatic rings. The van der Waals surface area contributed by atoms with Gasteiger partial charge in [0.1, 0.15) is 6.61 Å². The molecule has 0 bridgehead atoms. The zero-order valence-electron chi connectivity index (χ0n) is 18.9. The Morgan fingerprint density at radius 1 is 1.07 bits per heavy atom. The number of hydrogen-bond donors (Lipinski definition) is 2. The molecule has 30 heavy (non-hydrogen) atoms. The molecule has 6 nitrogen and oxygen atoms in total. The van der Waals surface area contributed by atoms with Gasteiger partial charge < -0.3 is 25.0 Å². The van der Waals surface area contributed by atoms with Gasteiger partial charge in [0.15, 0.2) is 17.5 Å². The van der Waals surface area contributed by atoms with Gasteiger partial charge in [-0.1, -0.05) is 50.2 Å². The van der Waals surface area contributed by atoms with Crippen LogP contribution in [-0.2, 0) is 6.54 Å². The third-order valence-electron chi connectivity index (χ3n) is 5.12. The van der Waals surface area contributed by atoms with Crippen molar-refractivity contribution in [3.05, 3.63) is 59.7 Å². The number of aliphatic imine (C=N–C) groups is 1. The average Bonchev–Trinajstić information content (AvgIpc) is 2.80. The molecule has 0 fully saturated rings. The van der Waals surface area contributed by atoms with Crippen LogP contribution in [0, 0.1) is 0 Å². The van der Waals surface area contributed by atoms with E-state index in [2.05, 4.69) is 59.5 Å². The summed E-state index contributed by atoms with van der Waals surface area (Å²) in [6.45, 7) is 10.7. The van der Waals surface area contributed by atoms with Crippen molar-refractivity contribution in [1.29, 1.82) is 0 Å². The minimum absolute atomic E-state index is 0.161. The Morgan fingerprint density at radius 3 is 2.43 bits per heavy atom. The second-order valence-electron chi connectivity index (χ2n) is 7.06. The number of likely N-dealkylation sites (N-methyl/N-ethyl adjacent to an activating group) is 1. The summed E-state index contributed by atoms with van der Waals surface area (Å²) in [6, 6.07) is 16.5. The van der Waals surface area contributed by atoms with Crippen molar-refractivity contribution in [3.8, 4) is 11.5 Å². The minimum atomic E-state index is 0.161. The fraction of sp³-hybridized carbons (Fsp3) is 0.458. The summed E-state index contributed by atoms with van der Waals surface area (Å²) >= 11 is 0. The molecule has 164 valence electrons. The lowest BCUT2D eigenvalue weighted by molar-refractivity contribution is 0.217. The van der Waals surface area contributed by atoms with Gasteiger partial charge in [-0.15, -0.1) is 0 Å². The van der Waals surface area contributed by atoms with Crippen LogP contribution in [-0.4, -0.2) is 51.3 Å². The van der Waals surface area contributed by atoms with Crippen LogP contribution in [0.2, 0.25) is 0 Å². The van der Waals surface area contributed by atoms with E-state index in [1.807, 2.05) is 30.3 Å². The fourth-order valence-electron chi connectivity index (χ4n) is 3.18. The Labute approximate surface area is 181 Å². The maximum Gasteiger partial charge on any atom is 0.191 e. The quantitative estimate of drug-likeness (QED) is 0.434. The first kappa shape index (κ1) is 23.5. The summed E-state index contributed by atoms with van der Waals surface area (Å²) in [5.74, 6) is 2.27. The van der Waals surface area contributed by atoms with Crippen LogP contribution in [0.3, 0.4) is 0 Å². The molecule has 0 aliphatic carbocycles. The third kappa shape index (κ3) is 7.26. The molecule has 6 heteroatoms. The van der Waals surface area contributed by atoms with Gasteiger partial charge in [-0.2, -0.15) is 0 Å². The minimum Gasteiger partial charge on any atom is -0.493 e. The second kappa shape index (κ2) is 12.8. The second-order valence-corrected chi connectivity index (χ2v) is 7.06. The van der Waals surface area contributed by atoms with Gasteiger partial charge in [0, 0.05) is 20.1 Å². The fourth-order valence-corrected chi connectivity index (χ4v) is 3.18. The Kier molecular flexibility index (Phi) is 10.0. The molecule has 0 spiro atoms. The molecule has 0 aliphatic rings. The van der Waals surface area contributed by atoms with Crippen molar-refractivity contribution in [2.24, 2.45) is 4.99 Å². The van der Waals surface area contributed by atoms with Crippen molar-refractivity contribution in [3.63, 3.8) is 0 Å². The number of nitrogens with one attached hydrogen (secondary N) is 2. The van der Waals surface area contributed by atoms with E-state index in [1.165, 1.54) is 5.56 Å². The molecule has 0 aliphatic heterocycles. The van der Waals surface area contributed by atoms with E-state index in [9.17, 15) is 0 Å². The number of hydrogen-bond acceptors (Lipinski definition) is 4. The van der Waals surface area contributed by atoms with E-state index in [0.717, 1.165) is 42.7 Å². The maximum atomic E-state index is 5.94. The van der Waals surface area contributed by atoms with Crippen molar-refractivity contribution in [1.82, 2.24) is 15.5 Å². The van der Waals surface area contributed by atoms with E-state index in [0.29, 0.717) is 13.2 Å². The van der Waals surface area contributed by atoms with Crippen LogP contribution in [0.5, 0.6) is 11.5 Å². The summed E-state index contributed by atoms with van der Waals surface area (Å²) < 4.78 is 11.5. The normalized spacial score (nSPS) is 12.5. The SMILES string of the molecule is CCN(CC)CCOc1ccc(CNC(=NC)NC(C)c2ccccc2)cc1OC. The molecular formula is C24H36N4O2. The van der Waals surface area contributed by atoms with Crippen LogP contribution in [0.4, 0.5) is 0 Å². The predicted octanol–water partition coefficient (Wildman–Crippen LogP) is 3.84. The van der Waals surface area contributed by atoms with Gasteiger partial charge in [0.05, 0.1) is 13.2 Å². The smallest absolute Gasteiger partial charge is 0.191 e. The number of benzene rings is 2. The Balaban J connectivity index is 1.91. The van der Waals surface area contributed by atoms with Crippen molar-refractivity contribution >= 4 is 5.96 Å². The van der Waals surface area contributed by atoms with Gasteiger partial charge in [-0.3, -0.25) is 4.99 Å². The highest BCUT2D eigenvalue weighted by atomic mass is 16.5. The standard InChI is InChI=1S/C24H36N4O2/c1-6-28(7-2)15-16-30-22-14-13-20(17-23(22)29-5)18-26-24(25-4)27-19(3)21-11-9-8-10-12-21/h8-14,17,19H,6-7,15-16,18H2,1-5H3,(H2,25,26,27). The topological polar surface area (TPSA) is 58.1 Å². The Morgan fingerprint density at radius 2 is 1.80 bits per heavy atom. The first-order chi connectivity index (χ1) is 14.6. The Hall–Kier alpha value is -2.73. The highest BCUT2D eigenvalue weighted by molar-refractivity contribution is 5.80. The van der Waals surface area contributed by atoms with Crippen LogP contribution >= 0.6 is 0 Å². The molecule has 2 rings (SSSR count). The summed E-state index contributed by atoms with van der Waals surface area (Å²) in [4.78, 5) is 6.67. The van der Waals surface area contributed by atoms with Crippen LogP contribution in [0.1, 0.15) is 37.9 Å². The van der Waals surface area contributed by atoms with Crippen LogP contribution in [0.25, 0.3) is 0 Å². The molecule has 0 heterocycles. The first-order valence-electron chi connectivity index (χ1n) is 10.6. The molecule has 2 aromatic carbocycles. The first-order valence-corrected chi connectivity index (χ1v) is 10.6. The highest BCUT2D eigenvalue weighted by Gasteiger charge is 2.10. The molecule has 0 radical (unpaired) electrons. The van der Waals surface area contributed by atoms with Gasteiger partial charge >= 0.3 is 0 Å². The Bertz CT molecular complexity index is 776. The molecule has 0 saturated heterocycles. The maximum absolute atomic E-state index is 5.94. The highest BCUT2D eigenvalue weighted by Crippen LogP contribution is 2.28. The van der Waals surface area contributed by atoms with Crippen molar-refractivity contribution in [2.45, 2.75) is 33.4 Å². The number of guanidine groups is 1. The summed E-state index contributed by atoms with van der Waals surface area (Å²) in [6.07, 6.45) is 0. The lowest BCUT2D eigenvalue weighted by Crippen LogP contribution is -2.38. The molecule has 1 atom stereocenters. The van der Waals surface area contributed by atoms with E-state index in [-0.39, 0.29) is 6.04 Å². The monoisotopic (exact) mass is 412 g/mol. The van der Waals surface area contributed by atoms with Crippen LogP contribution < -0.4 is 20.1 Å². The molecule has 1 unspecified atom stereocenters. The van der Waals surface area contributed by atoms with Gasteiger partial charge in [-0.25, -0.2) is 0 Å².